The molecule has 0 amide bonds. The highest BCUT2D eigenvalue weighted by atomic mass is 16.1. The van der Waals surface area contributed by atoms with E-state index in [0.29, 0.717) is 5.82 Å². The molecule has 0 radical (unpaired) electrons. The number of hydrogen-bond donors (Lipinski definition) is 1. The van der Waals surface area contributed by atoms with Gasteiger partial charge in [0.1, 0.15) is 5.82 Å². The van der Waals surface area contributed by atoms with Gasteiger partial charge in [0, 0.05) is 25.1 Å². The smallest absolute Gasteiger partial charge is 0.251 e. The van der Waals surface area contributed by atoms with Crippen molar-refractivity contribution >= 4 is 5.82 Å². The van der Waals surface area contributed by atoms with E-state index in [-0.39, 0.29) is 11.5 Å². The van der Waals surface area contributed by atoms with Crippen molar-refractivity contribution in [1.82, 2.24) is 20.2 Å². The van der Waals surface area contributed by atoms with Crippen LogP contribution in [0.3, 0.4) is 0 Å². The number of piperidine rings is 1. The Morgan fingerprint density at radius 2 is 2.14 bits per heavy atom. The van der Waals surface area contributed by atoms with Crippen LogP contribution in [0.15, 0.2) is 23.0 Å². The second-order valence-electron chi connectivity index (χ2n) is 5.57. The van der Waals surface area contributed by atoms with Crippen molar-refractivity contribution in [3.8, 4) is 0 Å². The minimum absolute atomic E-state index is 0.0789. The molecule has 110 valence electrons. The molecule has 2 aromatic rings. The van der Waals surface area contributed by atoms with Crippen molar-refractivity contribution in [2.24, 2.45) is 0 Å². The van der Waals surface area contributed by atoms with Gasteiger partial charge in [0.25, 0.3) is 5.56 Å². The van der Waals surface area contributed by atoms with Crippen LogP contribution in [0.25, 0.3) is 0 Å². The first-order valence-electron chi connectivity index (χ1n) is 7.25. The molecule has 0 aliphatic carbocycles. The summed E-state index contributed by atoms with van der Waals surface area (Å²) >= 11 is 0. The Balaban J connectivity index is 1.82. The number of nitrogens with one attached hydrogen (secondary N) is 1. The fourth-order valence-corrected chi connectivity index (χ4v) is 2.80. The van der Waals surface area contributed by atoms with Crippen LogP contribution in [0.5, 0.6) is 0 Å². The summed E-state index contributed by atoms with van der Waals surface area (Å²) in [6.07, 6.45) is 2.11. The summed E-state index contributed by atoms with van der Waals surface area (Å²) in [5.41, 5.74) is 1.71. The molecule has 6 heteroatoms. The van der Waals surface area contributed by atoms with Crippen LogP contribution in [0.4, 0.5) is 5.82 Å². The standard InChI is InChI=1S/C15H19N5O/c1-10-5-6-14(19-18-10)20-7-3-4-12(9-20)13-8-15(21)17-11(2)16-13/h5-6,8,12H,3-4,7,9H2,1-2H3,(H,16,17,21). The van der Waals surface area contributed by atoms with E-state index in [9.17, 15) is 4.79 Å². The highest BCUT2D eigenvalue weighted by Crippen LogP contribution is 2.27. The van der Waals surface area contributed by atoms with Gasteiger partial charge in [-0.1, -0.05) is 0 Å². The van der Waals surface area contributed by atoms with E-state index >= 15 is 0 Å². The lowest BCUT2D eigenvalue weighted by molar-refractivity contribution is 0.495. The van der Waals surface area contributed by atoms with Gasteiger partial charge in [-0.3, -0.25) is 4.79 Å². The van der Waals surface area contributed by atoms with Gasteiger partial charge < -0.3 is 9.88 Å². The predicted octanol–water partition coefficient (Wildman–Crippen LogP) is 1.56. The van der Waals surface area contributed by atoms with Crippen LogP contribution in [-0.2, 0) is 0 Å². The molecule has 2 aromatic heterocycles. The number of anilines is 1. The van der Waals surface area contributed by atoms with E-state index in [0.717, 1.165) is 43.1 Å². The Bertz CT molecular complexity index is 679. The Hall–Kier alpha value is -2.24. The first-order valence-corrected chi connectivity index (χ1v) is 7.25. The number of nitrogens with zero attached hydrogens (tertiary/aromatic N) is 4. The van der Waals surface area contributed by atoms with Gasteiger partial charge in [0.2, 0.25) is 0 Å². The highest BCUT2D eigenvalue weighted by molar-refractivity contribution is 5.38. The van der Waals surface area contributed by atoms with Crippen LogP contribution in [0, 0.1) is 13.8 Å². The zero-order chi connectivity index (χ0) is 14.8. The maximum absolute atomic E-state index is 11.6. The third-order valence-electron chi connectivity index (χ3n) is 3.83. The van der Waals surface area contributed by atoms with Gasteiger partial charge in [-0.2, -0.15) is 5.10 Å². The summed E-state index contributed by atoms with van der Waals surface area (Å²) in [6.45, 7) is 5.54. The van der Waals surface area contributed by atoms with Crippen LogP contribution in [-0.4, -0.2) is 33.3 Å². The van der Waals surface area contributed by atoms with E-state index in [1.54, 1.807) is 6.07 Å². The lowest BCUT2D eigenvalue weighted by Gasteiger charge is -2.33. The maximum atomic E-state index is 11.6. The zero-order valence-corrected chi connectivity index (χ0v) is 12.3. The minimum atomic E-state index is -0.0789. The molecule has 1 atom stereocenters. The zero-order valence-electron chi connectivity index (χ0n) is 12.3. The predicted molar refractivity (Wildman–Crippen MR) is 80.6 cm³/mol. The summed E-state index contributed by atoms with van der Waals surface area (Å²) in [7, 11) is 0. The van der Waals surface area contributed by atoms with Crippen molar-refractivity contribution < 1.29 is 0 Å². The van der Waals surface area contributed by atoms with Crippen LogP contribution in [0.2, 0.25) is 0 Å². The van der Waals surface area contributed by atoms with Crippen molar-refractivity contribution in [2.75, 3.05) is 18.0 Å². The molecule has 0 bridgehead atoms. The fraction of sp³-hybridized carbons (Fsp3) is 0.467. The Morgan fingerprint density at radius 3 is 2.86 bits per heavy atom. The van der Waals surface area contributed by atoms with Crippen LogP contribution < -0.4 is 10.5 Å². The molecule has 21 heavy (non-hydrogen) atoms. The Labute approximate surface area is 123 Å². The van der Waals surface area contributed by atoms with Gasteiger partial charge in [0.15, 0.2) is 5.82 Å². The first-order chi connectivity index (χ1) is 10.1. The summed E-state index contributed by atoms with van der Waals surface area (Å²) in [4.78, 5) is 21.0. The summed E-state index contributed by atoms with van der Waals surface area (Å²) in [5, 5.41) is 8.37. The molecule has 0 aromatic carbocycles. The summed E-state index contributed by atoms with van der Waals surface area (Å²) in [5.74, 6) is 1.83. The number of aromatic amines is 1. The van der Waals surface area contributed by atoms with E-state index in [1.165, 1.54) is 0 Å². The quantitative estimate of drug-likeness (QED) is 0.906. The first kappa shape index (κ1) is 13.7. The average molecular weight is 285 g/mol. The fourth-order valence-electron chi connectivity index (χ4n) is 2.80. The van der Waals surface area contributed by atoms with E-state index in [2.05, 4.69) is 25.1 Å². The molecule has 1 unspecified atom stereocenters. The maximum Gasteiger partial charge on any atom is 0.251 e. The average Bonchev–Trinajstić information content (AvgIpc) is 2.47. The van der Waals surface area contributed by atoms with Gasteiger partial charge >= 0.3 is 0 Å². The highest BCUT2D eigenvalue weighted by Gasteiger charge is 2.24. The second-order valence-corrected chi connectivity index (χ2v) is 5.57. The van der Waals surface area contributed by atoms with Crippen molar-refractivity contribution in [3.63, 3.8) is 0 Å². The lowest BCUT2D eigenvalue weighted by atomic mass is 9.94. The Morgan fingerprint density at radius 1 is 1.29 bits per heavy atom. The molecule has 1 saturated heterocycles. The van der Waals surface area contributed by atoms with Gasteiger partial charge in [0.05, 0.1) is 11.4 Å². The minimum Gasteiger partial charge on any atom is -0.354 e. The van der Waals surface area contributed by atoms with Gasteiger partial charge in [-0.25, -0.2) is 4.98 Å². The molecule has 1 N–H and O–H groups in total. The van der Waals surface area contributed by atoms with Crippen molar-refractivity contribution in [3.05, 3.63) is 45.8 Å². The normalized spacial score (nSPS) is 18.8. The molecular formula is C15H19N5O. The molecule has 0 saturated carbocycles. The topological polar surface area (TPSA) is 74.8 Å². The number of aryl methyl sites for hydroxylation is 2. The third-order valence-corrected chi connectivity index (χ3v) is 3.83. The molecule has 1 fully saturated rings. The Kier molecular flexibility index (Phi) is 3.68. The third kappa shape index (κ3) is 3.09. The molecule has 0 spiro atoms. The van der Waals surface area contributed by atoms with Gasteiger partial charge in [-0.15, -0.1) is 5.10 Å². The summed E-state index contributed by atoms with van der Waals surface area (Å²) < 4.78 is 0. The molecule has 1 aliphatic rings. The van der Waals surface area contributed by atoms with E-state index in [1.807, 2.05) is 26.0 Å². The monoisotopic (exact) mass is 285 g/mol. The SMILES string of the molecule is Cc1ccc(N2CCCC(c3cc(=O)[nH]c(C)n3)C2)nn1. The second kappa shape index (κ2) is 5.63. The van der Waals surface area contributed by atoms with Crippen molar-refractivity contribution in [1.29, 1.82) is 0 Å². The van der Waals surface area contributed by atoms with Crippen LogP contribution in [0.1, 0.15) is 36.0 Å². The summed E-state index contributed by atoms with van der Waals surface area (Å²) in [6, 6.07) is 5.59. The van der Waals surface area contributed by atoms with Crippen molar-refractivity contribution in [2.45, 2.75) is 32.6 Å². The molecule has 3 rings (SSSR count). The number of aromatic nitrogens is 4. The largest absolute Gasteiger partial charge is 0.354 e. The molecule has 6 nitrogen and oxygen atoms in total. The number of rotatable bonds is 2. The number of H-pyrrole nitrogens is 1. The molecular weight excluding hydrogens is 266 g/mol. The van der Waals surface area contributed by atoms with E-state index < -0.39 is 0 Å². The molecule has 1 aliphatic heterocycles. The number of hydrogen-bond acceptors (Lipinski definition) is 5. The van der Waals surface area contributed by atoms with Gasteiger partial charge in [-0.05, 0) is 38.8 Å². The van der Waals surface area contributed by atoms with E-state index in [4.69, 9.17) is 0 Å². The lowest BCUT2D eigenvalue weighted by Crippen LogP contribution is -2.35. The van der Waals surface area contributed by atoms with Crippen LogP contribution >= 0.6 is 0 Å². The molecule has 3 heterocycles.